The minimum Gasteiger partial charge on any atom is -0.381 e. The number of carbonyl (C=O) groups is 1. The first-order valence-electron chi connectivity index (χ1n) is 7.66. The number of nitrogens with one attached hydrogen (secondary N) is 1. The van der Waals surface area contributed by atoms with Crippen molar-refractivity contribution >= 4 is 5.91 Å². The number of hydrogen-bond acceptors (Lipinski definition) is 3. The Balaban J connectivity index is 1.54. The van der Waals surface area contributed by atoms with E-state index in [4.69, 9.17) is 4.74 Å². The molecule has 116 valence electrons. The molecule has 22 heavy (non-hydrogen) atoms. The molecule has 1 aromatic carbocycles. The van der Waals surface area contributed by atoms with Crippen LogP contribution in [0.25, 0.3) is 5.69 Å². The third kappa shape index (κ3) is 3.74. The van der Waals surface area contributed by atoms with Gasteiger partial charge in [0.2, 0.25) is 5.91 Å². The summed E-state index contributed by atoms with van der Waals surface area (Å²) >= 11 is 0. The van der Waals surface area contributed by atoms with Crippen molar-refractivity contribution in [3.63, 3.8) is 0 Å². The molecule has 0 aliphatic carbocycles. The number of nitrogens with zero attached hydrogens (tertiary/aromatic N) is 2. The normalized spacial score (nSPS) is 17.6. The van der Waals surface area contributed by atoms with Crippen molar-refractivity contribution < 1.29 is 9.53 Å². The van der Waals surface area contributed by atoms with E-state index < -0.39 is 0 Å². The van der Waals surface area contributed by atoms with Gasteiger partial charge in [-0.25, -0.2) is 4.68 Å². The average molecular weight is 299 g/mol. The van der Waals surface area contributed by atoms with Crippen LogP contribution in [0.4, 0.5) is 0 Å². The van der Waals surface area contributed by atoms with Gasteiger partial charge in [-0.2, -0.15) is 5.10 Å². The van der Waals surface area contributed by atoms with Crippen LogP contribution in [-0.2, 0) is 16.1 Å². The first-order valence-corrected chi connectivity index (χ1v) is 7.66. The summed E-state index contributed by atoms with van der Waals surface area (Å²) in [6.07, 6.45) is 5.28. The Labute approximate surface area is 130 Å². The standard InChI is InChI=1S/C17H21N3O2/c1-13-3-2-4-16(7-13)20-11-15(10-19-20)9-18-17(21)8-14-5-6-22-12-14/h2-4,7,10-11,14H,5-6,8-9,12H2,1H3,(H,18,21). The number of hydrogen-bond donors (Lipinski definition) is 1. The van der Waals surface area contributed by atoms with Crippen LogP contribution in [0.3, 0.4) is 0 Å². The second-order valence-corrected chi connectivity index (χ2v) is 5.84. The van der Waals surface area contributed by atoms with Gasteiger partial charge in [0, 0.05) is 37.9 Å². The SMILES string of the molecule is Cc1cccc(-n2cc(CNC(=O)CC3CCOC3)cn2)c1. The number of aryl methyl sites for hydroxylation is 1. The number of carbonyl (C=O) groups excluding carboxylic acids is 1. The lowest BCUT2D eigenvalue weighted by Gasteiger charge is -2.07. The summed E-state index contributed by atoms with van der Waals surface area (Å²) in [7, 11) is 0. The van der Waals surface area contributed by atoms with Crippen molar-refractivity contribution in [3.05, 3.63) is 47.8 Å². The lowest BCUT2D eigenvalue weighted by Crippen LogP contribution is -2.25. The Morgan fingerprint density at radius 1 is 1.50 bits per heavy atom. The summed E-state index contributed by atoms with van der Waals surface area (Å²) in [5.41, 5.74) is 3.22. The number of ether oxygens (including phenoxy) is 1. The highest BCUT2D eigenvalue weighted by Gasteiger charge is 2.18. The van der Waals surface area contributed by atoms with E-state index in [0.29, 0.717) is 25.5 Å². The molecule has 0 bridgehead atoms. The van der Waals surface area contributed by atoms with E-state index in [1.807, 2.05) is 23.0 Å². The maximum atomic E-state index is 11.9. The Kier molecular flexibility index (Phi) is 4.53. The predicted octanol–water partition coefficient (Wildman–Crippen LogP) is 2.22. The monoisotopic (exact) mass is 299 g/mol. The Bertz CT molecular complexity index is 645. The molecule has 5 nitrogen and oxygen atoms in total. The van der Waals surface area contributed by atoms with Crippen LogP contribution >= 0.6 is 0 Å². The minimum atomic E-state index is 0.0822. The van der Waals surface area contributed by atoms with Gasteiger partial charge in [-0.1, -0.05) is 12.1 Å². The molecule has 0 saturated carbocycles. The van der Waals surface area contributed by atoms with E-state index in [-0.39, 0.29) is 5.91 Å². The quantitative estimate of drug-likeness (QED) is 0.921. The molecule has 1 aromatic heterocycles. The van der Waals surface area contributed by atoms with E-state index in [1.54, 1.807) is 6.20 Å². The minimum absolute atomic E-state index is 0.0822. The number of rotatable bonds is 5. The fraction of sp³-hybridized carbons (Fsp3) is 0.412. The molecule has 0 radical (unpaired) electrons. The fourth-order valence-electron chi connectivity index (χ4n) is 2.64. The summed E-state index contributed by atoms with van der Waals surface area (Å²) in [4.78, 5) is 11.9. The summed E-state index contributed by atoms with van der Waals surface area (Å²) in [6.45, 7) is 4.05. The Morgan fingerprint density at radius 3 is 3.18 bits per heavy atom. The van der Waals surface area contributed by atoms with Crippen LogP contribution in [0.2, 0.25) is 0 Å². The second kappa shape index (κ2) is 6.75. The zero-order valence-electron chi connectivity index (χ0n) is 12.8. The van der Waals surface area contributed by atoms with Crippen LogP contribution in [-0.4, -0.2) is 28.9 Å². The molecule has 2 aromatic rings. The molecule has 1 fully saturated rings. The number of aromatic nitrogens is 2. The highest BCUT2D eigenvalue weighted by molar-refractivity contribution is 5.76. The Hall–Kier alpha value is -2.14. The predicted molar refractivity (Wildman–Crippen MR) is 83.7 cm³/mol. The van der Waals surface area contributed by atoms with Crippen molar-refractivity contribution in [1.29, 1.82) is 0 Å². The highest BCUT2D eigenvalue weighted by atomic mass is 16.5. The van der Waals surface area contributed by atoms with Crippen molar-refractivity contribution in [2.75, 3.05) is 13.2 Å². The van der Waals surface area contributed by atoms with Gasteiger partial charge in [-0.05, 0) is 37.0 Å². The summed E-state index contributed by atoms with van der Waals surface area (Å²) in [5, 5.41) is 7.31. The summed E-state index contributed by atoms with van der Waals surface area (Å²) < 4.78 is 7.12. The highest BCUT2D eigenvalue weighted by Crippen LogP contribution is 2.16. The number of benzene rings is 1. The van der Waals surface area contributed by atoms with Crippen LogP contribution in [0.15, 0.2) is 36.7 Å². The van der Waals surface area contributed by atoms with Crippen LogP contribution in [0.1, 0.15) is 24.0 Å². The molecule has 1 aliphatic rings. The van der Waals surface area contributed by atoms with E-state index in [9.17, 15) is 4.79 Å². The van der Waals surface area contributed by atoms with Gasteiger partial charge in [0.1, 0.15) is 0 Å². The molecule has 1 saturated heterocycles. The van der Waals surface area contributed by atoms with Gasteiger partial charge < -0.3 is 10.1 Å². The van der Waals surface area contributed by atoms with Gasteiger partial charge in [-0.15, -0.1) is 0 Å². The fourth-order valence-corrected chi connectivity index (χ4v) is 2.64. The van der Waals surface area contributed by atoms with E-state index in [0.717, 1.165) is 24.3 Å². The summed E-state index contributed by atoms with van der Waals surface area (Å²) in [5.74, 6) is 0.453. The third-order valence-electron chi connectivity index (χ3n) is 3.89. The molecular formula is C17H21N3O2. The molecule has 1 N–H and O–H groups in total. The first kappa shape index (κ1) is 14.8. The molecule has 1 amide bonds. The van der Waals surface area contributed by atoms with Gasteiger partial charge in [0.15, 0.2) is 0 Å². The zero-order valence-corrected chi connectivity index (χ0v) is 12.8. The molecule has 2 heterocycles. The van der Waals surface area contributed by atoms with Crippen molar-refractivity contribution in [1.82, 2.24) is 15.1 Å². The zero-order chi connectivity index (χ0) is 15.4. The van der Waals surface area contributed by atoms with Gasteiger partial charge in [-0.3, -0.25) is 4.79 Å². The van der Waals surface area contributed by atoms with Gasteiger partial charge in [0.25, 0.3) is 0 Å². The van der Waals surface area contributed by atoms with Crippen molar-refractivity contribution in [3.8, 4) is 5.69 Å². The third-order valence-corrected chi connectivity index (χ3v) is 3.89. The molecule has 5 heteroatoms. The van der Waals surface area contributed by atoms with Gasteiger partial charge in [0.05, 0.1) is 11.9 Å². The van der Waals surface area contributed by atoms with Crippen LogP contribution < -0.4 is 5.32 Å². The van der Waals surface area contributed by atoms with Crippen molar-refractivity contribution in [2.45, 2.75) is 26.3 Å². The smallest absolute Gasteiger partial charge is 0.220 e. The lowest BCUT2D eigenvalue weighted by molar-refractivity contribution is -0.122. The molecular weight excluding hydrogens is 278 g/mol. The average Bonchev–Trinajstić information content (AvgIpc) is 3.16. The van der Waals surface area contributed by atoms with Crippen LogP contribution in [0, 0.1) is 12.8 Å². The van der Waals surface area contributed by atoms with E-state index >= 15 is 0 Å². The van der Waals surface area contributed by atoms with Crippen molar-refractivity contribution in [2.24, 2.45) is 5.92 Å². The van der Waals surface area contributed by atoms with Gasteiger partial charge >= 0.3 is 0 Å². The Morgan fingerprint density at radius 2 is 2.41 bits per heavy atom. The molecule has 1 atom stereocenters. The van der Waals surface area contributed by atoms with E-state index in [2.05, 4.69) is 29.5 Å². The van der Waals surface area contributed by atoms with E-state index in [1.165, 1.54) is 5.56 Å². The summed E-state index contributed by atoms with van der Waals surface area (Å²) in [6, 6.07) is 8.16. The molecule has 3 rings (SSSR count). The molecule has 1 unspecified atom stereocenters. The topological polar surface area (TPSA) is 56.2 Å². The first-order chi connectivity index (χ1) is 10.7. The maximum absolute atomic E-state index is 11.9. The number of amides is 1. The van der Waals surface area contributed by atoms with Crippen LogP contribution in [0.5, 0.6) is 0 Å². The second-order valence-electron chi connectivity index (χ2n) is 5.84. The molecule has 1 aliphatic heterocycles. The molecule has 0 spiro atoms. The maximum Gasteiger partial charge on any atom is 0.220 e. The lowest BCUT2D eigenvalue weighted by atomic mass is 10.0. The largest absolute Gasteiger partial charge is 0.381 e.